The molecule has 0 saturated heterocycles. The third kappa shape index (κ3) is 2.85. The van der Waals surface area contributed by atoms with Crippen LogP contribution in [-0.4, -0.2) is 16.3 Å². The second kappa shape index (κ2) is 6.61. The zero-order valence-electron chi connectivity index (χ0n) is 13.7. The highest BCUT2D eigenvalue weighted by Gasteiger charge is 2.22. The number of benzene rings is 1. The van der Waals surface area contributed by atoms with Crippen LogP contribution in [0.2, 0.25) is 4.34 Å². The average Bonchev–Trinajstić information content (AvgIpc) is 3.10. The molecule has 0 atom stereocenters. The molecular weight excluding hydrogens is 338 g/mol. The molecule has 0 radical (unpaired) electrons. The summed E-state index contributed by atoms with van der Waals surface area (Å²) in [4.78, 5) is 1.14. The second-order valence-corrected chi connectivity index (χ2v) is 7.81. The smallest absolute Gasteiger partial charge is 0.133 e. The molecule has 0 unspecified atom stereocenters. The summed E-state index contributed by atoms with van der Waals surface area (Å²) >= 11 is 7.75. The number of hydrogen-bond donors (Lipinski definition) is 1. The van der Waals surface area contributed by atoms with E-state index in [1.807, 2.05) is 6.07 Å². The quantitative estimate of drug-likeness (QED) is 0.664. The van der Waals surface area contributed by atoms with Crippen molar-refractivity contribution in [1.29, 1.82) is 0 Å². The van der Waals surface area contributed by atoms with Crippen LogP contribution in [0.5, 0.6) is 0 Å². The van der Waals surface area contributed by atoms with Crippen molar-refractivity contribution in [3.8, 4) is 16.3 Å². The van der Waals surface area contributed by atoms with E-state index in [9.17, 15) is 0 Å². The lowest BCUT2D eigenvalue weighted by atomic mass is 10.1. The topological polar surface area (TPSA) is 29.9 Å². The molecule has 3 nitrogen and oxygen atoms in total. The number of halogens is 1. The number of rotatable bonds is 3. The number of hydrogen-bond acceptors (Lipinski definition) is 3. The van der Waals surface area contributed by atoms with E-state index in [0.717, 1.165) is 45.8 Å². The number of thiophene rings is 1. The standard InChI is InChI=1S/C19H20ClN3S/c1-2-13-6-8-14(9-7-13)23-19-15(5-3-4-12-21-19)18(22-23)16-10-11-17(20)24-16/h6-11,21H,2-5,12H2,1H3. The number of nitrogens with one attached hydrogen (secondary N) is 1. The minimum Gasteiger partial charge on any atom is -0.370 e. The van der Waals surface area contributed by atoms with Crippen LogP contribution in [0, 0.1) is 0 Å². The van der Waals surface area contributed by atoms with Crippen LogP contribution < -0.4 is 5.32 Å². The largest absolute Gasteiger partial charge is 0.370 e. The molecule has 0 spiro atoms. The van der Waals surface area contributed by atoms with Gasteiger partial charge in [-0.25, -0.2) is 4.68 Å². The van der Waals surface area contributed by atoms with Crippen molar-refractivity contribution in [2.24, 2.45) is 0 Å². The molecule has 5 heteroatoms. The van der Waals surface area contributed by atoms with Crippen LogP contribution in [0.4, 0.5) is 5.82 Å². The first-order valence-corrected chi connectivity index (χ1v) is 9.66. The summed E-state index contributed by atoms with van der Waals surface area (Å²) in [6.07, 6.45) is 4.48. The van der Waals surface area contributed by atoms with Gasteiger partial charge in [-0.3, -0.25) is 0 Å². The average molecular weight is 358 g/mol. The van der Waals surface area contributed by atoms with Crippen LogP contribution >= 0.6 is 22.9 Å². The summed E-state index contributed by atoms with van der Waals surface area (Å²) in [5.74, 6) is 1.14. The van der Waals surface area contributed by atoms with Crippen molar-refractivity contribution >= 4 is 28.8 Å². The van der Waals surface area contributed by atoms with E-state index >= 15 is 0 Å². The van der Waals surface area contributed by atoms with E-state index in [2.05, 4.69) is 47.3 Å². The van der Waals surface area contributed by atoms with Crippen LogP contribution in [0.1, 0.15) is 30.9 Å². The fraction of sp³-hybridized carbons (Fsp3) is 0.316. The maximum atomic E-state index is 6.15. The molecule has 1 N–H and O–H groups in total. The lowest BCUT2D eigenvalue weighted by molar-refractivity contribution is 0.780. The van der Waals surface area contributed by atoms with Crippen molar-refractivity contribution in [3.05, 3.63) is 51.9 Å². The monoisotopic (exact) mass is 357 g/mol. The van der Waals surface area contributed by atoms with Crippen LogP contribution in [0.3, 0.4) is 0 Å². The molecule has 24 heavy (non-hydrogen) atoms. The summed E-state index contributed by atoms with van der Waals surface area (Å²) in [6, 6.07) is 12.7. The molecule has 0 fully saturated rings. The zero-order chi connectivity index (χ0) is 16.5. The molecule has 124 valence electrons. The van der Waals surface area contributed by atoms with Crippen molar-refractivity contribution < 1.29 is 0 Å². The number of aryl methyl sites for hydroxylation is 1. The molecule has 0 amide bonds. The molecule has 0 saturated carbocycles. The lowest BCUT2D eigenvalue weighted by Gasteiger charge is -2.09. The Morgan fingerprint density at radius 1 is 1.17 bits per heavy atom. The fourth-order valence-electron chi connectivity index (χ4n) is 3.20. The van der Waals surface area contributed by atoms with Crippen LogP contribution in [-0.2, 0) is 12.8 Å². The van der Waals surface area contributed by atoms with Gasteiger partial charge in [0.15, 0.2) is 0 Å². The summed E-state index contributed by atoms with van der Waals surface area (Å²) in [6.45, 7) is 3.17. The first-order valence-electron chi connectivity index (χ1n) is 8.47. The Balaban J connectivity index is 1.85. The van der Waals surface area contributed by atoms with Crippen molar-refractivity contribution in [3.63, 3.8) is 0 Å². The van der Waals surface area contributed by atoms with E-state index < -0.39 is 0 Å². The van der Waals surface area contributed by atoms with Gasteiger partial charge in [0.25, 0.3) is 0 Å². The third-order valence-corrected chi connectivity index (χ3v) is 5.76. The van der Waals surface area contributed by atoms with Gasteiger partial charge in [0.1, 0.15) is 11.5 Å². The molecule has 1 aliphatic rings. The highest BCUT2D eigenvalue weighted by atomic mass is 35.5. The zero-order valence-corrected chi connectivity index (χ0v) is 15.3. The van der Waals surface area contributed by atoms with E-state index in [4.69, 9.17) is 16.7 Å². The lowest BCUT2D eigenvalue weighted by Crippen LogP contribution is -2.07. The SMILES string of the molecule is CCc1ccc(-n2nc(-c3ccc(Cl)s3)c3c2NCCCC3)cc1. The highest BCUT2D eigenvalue weighted by Crippen LogP contribution is 2.38. The van der Waals surface area contributed by atoms with Gasteiger partial charge in [-0.05, 0) is 55.5 Å². The second-order valence-electron chi connectivity index (χ2n) is 6.10. The van der Waals surface area contributed by atoms with Gasteiger partial charge >= 0.3 is 0 Å². The predicted octanol–water partition coefficient (Wildman–Crippen LogP) is 5.56. The van der Waals surface area contributed by atoms with Crippen molar-refractivity contribution in [1.82, 2.24) is 9.78 Å². The molecule has 3 aromatic rings. The first-order chi connectivity index (χ1) is 11.8. The number of aromatic nitrogens is 2. The molecule has 3 heterocycles. The van der Waals surface area contributed by atoms with E-state index in [1.54, 1.807) is 11.3 Å². The minimum absolute atomic E-state index is 0.808. The van der Waals surface area contributed by atoms with Gasteiger partial charge in [-0.2, -0.15) is 5.10 Å². The number of fused-ring (bicyclic) bond motifs is 1. The summed E-state index contributed by atoms with van der Waals surface area (Å²) in [5, 5.41) is 8.54. The van der Waals surface area contributed by atoms with Gasteiger partial charge in [0.05, 0.1) is 14.9 Å². The van der Waals surface area contributed by atoms with E-state index in [-0.39, 0.29) is 0 Å². The van der Waals surface area contributed by atoms with Crippen LogP contribution in [0.15, 0.2) is 36.4 Å². The Kier molecular flexibility index (Phi) is 4.33. The number of anilines is 1. The van der Waals surface area contributed by atoms with Gasteiger partial charge in [-0.15, -0.1) is 11.3 Å². The number of nitrogens with zero attached hydrogens (tertiary/aromatic N) is 2. The molecule has 0 bridgehead atoms. The minimum atomic E-state index is 0.808. The predicted molar refractivity (Wildman–Crippen MR) is 103 cm³/mol. The van der Waals surface area contributed by atoms with Crippen molar-refractivity contribution in [2.45, 2.75) is 32.6 Å². The van der Waals surface area contributed by atoms with Gasteiger partial charge < -0.3 is 5.32 Å². The maximum Gasteiger partial charge on any atom is 0.133 e. The summed E-state index contributed by atoms with van der Waals surface area (Å²) < 4.78 is 2.87. The third-order valence-electron chi connectivity index (χ3n) is 4.53. The Bertz CT molecular complexity index is 848. The molecule has 1 aromatic carbocycles. The van der Waals surface area contributed by atoms with Gasteiger partial charge in [0, 0.05) is 12.1 Å². The van der Waals surface area contributed by atoms with Gasteiger partial charge in [-0.1, -0.05) is 30.7 Å². The van der Waals surface area contributed by atoms with Crippen molar-refractivity contribution in [2.75, 3.05) is 11.9 Å². The molecule has 2 aromatic heterocycles. The molecular formula is C19H20ClN3S. The molecule has 1 aliphatic heterocycles. The molecule has 0 aliphatic carbocycles. The van der Waals surface area contributed by atoms with Crippen LogP contribution in [0.25, 0.3) is 16.3 Å². The molecule has 4 rings (SSSR count). The fourth-order valence-corrected chi connectivity index (χ4v) is 4.26. The Hall–Kier alpha value is -1.78. The first kappa shape index (κ1) is 15.7. The maximum absolute atomic E-state index is 6.15. The normalized spacial score (nSPS) is 14.1. The van der Waals surface area contributed by atoms with E-state index in [0.29, 0.717) is 0 Å². The summed E-state index contributed by atoms with van der Waals surface area (Å²) in [7, 11) is 0. The summed E-state index contributed by atoms with van der Waals surface area (Å²) in [5.41, 5.74) is 4.82. The van der Waals surface area contributed by atoms with E-state index in [1.165, 1.54) is 24.0 Å². The van der Waals surface area contributed by atoms with Gasteiger partial charge in [0.2, 0.25) is 0 Å². The Morgan fingerprint density at radius 2 is 2.00 bits per heavy atom. The Labute approximate surface area is 151 Å². The highest BCUT2D eigenvalue weighted by molar-refractivity contribution is 7.19. The Morgan fingerprint density at radius 3 is 2.71 bits per heavy atom.